The van der Waals surface area contributed by atoms with Crippen molar-refractivity contribution in [1.29, 1.82) is 0 Å². The van der Waals surface area contributed by atoms with Gasteiger partial charge in [-0.15, -0.1) is 11.3 Å². The SMILES string of the molecule is CCN1CCN(C(=O)c2cccs2)CCCC2=C[C@H](C)c3c(cc(OC)cc3OC)CN2C1=O. The van der Waals surface area contributed by atoms with Gasteiger partial charge in [-0.2, -0.15) is 0 Å². The van der Waals surface area contributed by atoms with Crippen molar-refractivity contribution in [3.8, 4) is 11.5 Å². The maximum atomic E-state index is 13.8. The monoisotopic (exact) mass is 483 g/mol. The first-order valence-electron chi connectivity index (χ1n) is 11.8. The van der Waals surface area contributed by atoms with Crippen molar-refractivity contribution < 1.29 is 19.1 Å². The topological polar surface area (TPSA) is 62.3 Å². The molecule has 2 aliphatic heterocycles. The first-order chi connectivity index (χ1) is 16.5. The van der Waals surface area contributed by atoms with Gasteiger partial charge in [-0.25, -0.2) is 4.79 Å². The molecule has 3 heterocycles. The Hall–Kier alpha value is -3.00. The summed E-state index contributed by atoms with van der Waals surface area (Å²) in [4.78, 5) is 33.2. The largest absolute Gasteiger partial charge is 0.497 e. The number of hydrogen-bond acceptors (Lipinski definition) is 5. The van der Waals surface area contributed by atoms with Crippen LogP contribution in [0.4, 0.5) is 4.79 Å². The van der Waals surface area contributed by atoms with Crippen LogP contribution < -0.4 is 9.47 Å². The Labute approximate surface area is 205 Å². The van der Waals surface area contributed by atoms with E-state index >= 15 is 0 Å². The summed E-state index contributed by atoms with van der Waals surface area (Å²) < 4.78 is 11.2. The standard InChI is InChI=1S/C26H33N3O4S/c1-5-27-11-12-28(25(30)23-9-7-13-34-23)10-6-8-20-14-18(2)24-19(17-29(20)26(27)31)15-21(32-3)16-22(24)33-4/h7,9,13-16,18H,5-6,8,10-12,17H2,1-4H3/t18-/m0/s1. The number of benzene rings is 1. The number of urea groups is 1. The van der Waals surface area contributed by atoms with Crippen molar-refractivity contribution in [1.82, 2.24) is 14.7 Å². The zero-order chi connectivity index (χ0) is 24.2. The quantitative estimate of drug-likeness (QED) is 0.618. The number of methoxy groups -OCH3 is 2. The van der Waals surface area contributed by atoms with Gasteiger partial charge < -0.3 is 19.3 Å². The van der Waals surface area contributed by atoms with Crippen molar-refractivity contribution in [2.45, 2.75) is 39.2 Å². The van der Waals surface area contributed by atoms with Gasteiger partial charge >= 0.3 is 6.03 Å². The van der Waals surface area contributed by atoms with E-state index in [4.69, 9.17) is 9.47 Å². The van der Waals surface area contributed by atoms with Crippen LogP contribution in [-0.4, -0.2) is 67.0 Å². The van der Waals surface area contributed by atoms with Crippen LogP contribution in [0.2, 0.25) is 0 Å². The lowest BCUT2D eigenvalue weighted by molar-refractivity contribution is 0.0731. The first kappa shape index (κ1) is 24.1. The average molecular weight is 484 g/mol. The van der Waals surface area contributed by atoms with Crippen LogP contribution in [0.25, 0.3) is 0 Å². The lowest BCUT2D eigenvalue weighted by Gasteiger charge is -2.35. The summed E-state index contributed by atoms with van der Waals surface area (Å²) in [5.74, 6) is 1.61. The van der Waals surface area contributed by atoms with E-state index in [1.54, 1.807) is 14.2 Å². The van der Waals surface area contributed by atoms with Gasteiger partial charge in [0.05, 0.1) is 25.6 Å². The zero-order valence-electron chi connectivity index (χ0n) is 20.4. The predicted octanol–water partition coefficient (Wildman–Crippen LogP) is 4.95. The number of carbonyl (C=O) groups is 2. The summed E-state index contributed by atoms with van der Waals surface area (Å²) in [6, 6.07) is 7.65. The van der Waals surface area contributed by atoms with Crippen LogP contribution in [-0.2, 0) is 6.54 Å². The van der Waals surface area contributed by atoms with Gasteiger partial charge in [-0.3, -0.25) is 9.69 Å². The number of amides is 3. The molecule has 1 fully saturated rings. The van der Waals surface area contributed by atoms with Crippen LogP contribution >= 0.6 is 11.3 Å². The molecule has 2 aliphatic rings. The molecule has 0 N–H and O–H groups in total. The fourth-order valence-corrected chi connectivity index (χ4v) is 5.55. The maximum Gasteiger partial charge on any atom is 0.324 e. The van der Waals surface area contributed by atoms with Crippen LogP contribution in [0.1, 0.15) is 53.4 Å². The minimum Gasteiger partial charge on any atom is -0.497 e. The van der Waals surface area contributed by atoms with Crippen molar-refractivity contribution >= 4 is 23.3 Å². The molecule has 1 aromatic carbocycles. The van der Waals surface area contributed by atoms with E-state index in [0.717, 1.165) is 46.0 Å². The predicted molar refractivity (Wildman–Crippen MR) is 134 cm³/mol. The van der Waals surface area contributed by atoms with Crippen molar-refractivity contribution in [3.05, 3.63) is 57.4 Å². The van der Waals surface area contributed by atoms with E-state index in [1.165, 1.54) is 11.3 Å². The Morgan fingerprint density at radius 2 is 2.00 bits per heavy atom. The van der Waals surface area contributed by atoms with Gasteiger partial charge in [0, 0.05) is 49.4 Å². The third kappa shape index (κ3) is 4.78. The lowest BCUT2D eigenvalue weighted by Crippen LogP contribution is -2.47. The molecule has 1 aromatic heterocycles. The van der Waals surface area contributed by atoms with E-state index < -0.39 is 0 Å². The molecule has 0 aliphatic carbocycles. The molecule has 182 valence electrons. The number of hydrogen-bond donors (Lipinski definition) is 0. The molecule has 2 aromatic rings. The van der Waals surface area contributed by atoms with E-state index in [1.807, 2.05) is 51.3 Å². The maximum absolute atomic E-state index is 13.8. The van der Waals surface area contributed by atoms with Gasteiger partial charge in [-0.05, 0) is 42.8 Å². The molecule has 4 rings (SSSR count). The van der Waals surface area contributed by atoms with Gasteiger partial charge in [0.1, 0.15) is 11.5 Å². The molecule has 0 bridgehead atoms. The number of allylic oxidation sites excluding steroid dienone is 2. The minimum atomic E-state index is -0.0268. The molecule has 8 heteroatoms. The summed E-state index contributed by atoms with van der Waals surface area (Å²) in [5, 5.41) is 1.92. The molecule has 0 spiro atoms. The molecular formula is C26H33N3O4S. The highest BCUT2D eigenvalue weighted by Gasteiger charge is 2.31. The van der Waals surface area contributed by atoms with Crippen LogP contribution in [0.15, 0.2) is 41.4 Å². The highest BCUT2D eigenvalue weighted by molar-refractivity contribution is 7.12. The number of ether oxygens (including phenoxy) is 2. The number of likely N-dealkylation sites (N-methyl/N-ethyl adjacent to an activating group) is 1. The number of thiophene rings is 1. The first-order valence-corrected chi connectivity index (χ1v) is 12.7. The fraction of sp³-hybridized carbons (Fsp3) is 0.462. The Morgan fingerprint density at radius 1 is 1.18 bits per heavy atom. The number of carbonyl (C=O) groups excluding carboxylic acids is 2. The van der Waals surface area contributed by atoms with Crippen LogP contribution in [0, 0.1) is 0 Å². The summed E-state index contributed by atoms with van der Waals surface area (Å²) in [7, 11) is 3.31. The molecule has 1 saturated heterocycles. The Morgan fingerprint density at radius 3 is 2.68 bits per heavy atom. The van der Waals surface area contributed by atoms with Gasteiger partial charge in [-0.1, -0.05) is 19.1 Å². The summed E-state index contributed by atoms with van der Waals surface area (Å²) in [5.41, 5.74) is 3.12. The Kier molecular flexibility index (Phi) is 7.46. The summed E-state index contributed by atoms with van der Waals surface area (Å²) >= 11 is 1.46. The van der Waals surface area contributed by atoms with Crippen molar-refractivity contribution in [2.75, 3.05) is 40.4 Å². The number of nitrogens with zero attached hydrogens (tertiary/aromatic N) is 3. The molecule has 3 amide bonds. The number of fused-ring (bicyclic) bond motifs is 2. The molecule has 0 saturated carbocycles. The molecule has 7 nitrogen and oxygen atoms in total. The van der Waals surface area contributed by atoms with E-state index in [-0.39, 0.29) is 17.9 Å². The number of rotatable bonds is 4. The van der Waals surface area contributed by atoms with E-state index in [9.17, 15) is 9.59 Å². The fourth-order valence-electron chi connectivity index (χ4n) is 4.86. The van der Waals surface area contributed by atoms with Crippen LogP contribution in [0.3, 0.4) is 0 Å². The second-order valence-electron chi connectivity index (χ2n) is 8.67. The van der Waals surface area contributed by atoms with Gasteiger partial charge in [0.2, 0.25) is 0 Å². The summed E-state index contributed by atoms with van der Waals surface area (Å²) in [6.45, 7) is 6.85. The highest BCUT2D eigenvalue weighted by atomic mass is 32.1. The second-order valence-corrected chi connectivity index (χ2v) is 9.62. The van der Waals surface area contributed by atoms with E-state index in [2.05, 4.69) is 13.0 Å². The molecule has 1 atom stereocenters. The van der Waals surface area contributed by atoms with E-state index in [0.29, 0.717) is 32.7 Å². The molecule has 34 heavy (non-hydrogen) atoms. The normalized spacial score (nSPS) is 19.1. The third-order valence-corrected chi connectivity index (χ3v) is 7.49. The third-order valence-electron chi connectivity index (χ3n) is 6.63. The van der Waals surface area contributed by atoms with Gasteiger partial charge in [0.25, 0.3) is 5.91 Å². The zero-order valence-corrected chi connectivity index (χ0v) is 21.2. The second kappa shape index (κ2) is 10.5. The average Bonchev–Trinajstić information content (AvgIpc) is 3.34. The lowest BCUT2D eigenvalue weighted by atomic mass is 9.94. The Bertz CT molecular complexity index is 1070. The van der Waals surface area contributed by atoms with Crippen molar-refractivity contribution in [2.24, 2.45) is 0 Å². The molecule has 0 unspecified atom stereocenters. The minimum absolute atomic E-state index is 0.0268. The summed E-state index contributed by atoms with van der Waals surface area (Å²) in [6.07, 6.45) is 3.69. The van der Waals surface area contributed by atoms with Crippen LogP contribution in [0.5, 0.6) is 11.5 Å². The highest BCUT2D eigenvalue weighted by Crippen LogP contribution is 2.39. The molecular weight excluding hydrogens is 450 g/mol. The van der Waals surface area contributed by atoms with Gasteiger partial charge in [0.15, 0.2) is 0 Å². The smallest absolute Gasteiger partial charge is 0.324 e. The van der Waals surface area contributed by atoms with Crippen molar-refractivity contribution in [3.63, 3.8) is 0 Å². The Balaban J connectivity index is 1.67. The molecule has 0 radical (unpaired) electrons.